The van der Waals surface area contributed by atoms with E-state index < -0.39 is 0 Å². The van der Waals surface area contributed by atoms with Gasteiger partial charge in [0, 0.05) is 16.1 Å². The lowest BCUT2D eigenvalue weighted by atomic mass is 10.2. The van der Waals surface area contributed by atoms with Crippen molar-refractivity contribution < 1.29 is 4.42 Å². The fourth-order valence-corrected chi connectivity index (χ4v) is 3.11. The average Bonchev–Trinajstić information content (AvgIpc) is 2.97. The third kappa shape index (κ3) is 3.23. The van der Waals surface area contributed by atoms with Gasteiger partial charge in [0.25, 0.3) is 0 Å². The summed E-state index contributed by atoms with van der Waals surface area (Å²) in [7, 11) is 0. The van der Waals surface area contributed by atoms with Gasteiger partial charge in [0.1, 0.15) is 0 Å². The van der Waals surface area contributed by atoms with Crippen LogP contribution in [-0.4, -0.2) is 4.98 Å². The molecule has 0 amide bonds. The van der Waals surface area contributed by atoms with E-state index in [0.717, 1.165) is 16.2 Å². The lowest BCUT2D eigenvalue weighted by Gasteiger charge is -2.05. The first kappa shape index (κ1) is 14.0. The number of aromatic nitrogens is 1. The van der Waals surface area contributed by atoms with Crippen molar-refractivity contribution in [2.24, 2.45) is 0 Å². The molecule has 3 nitrogen and oxygen atoms in total. The maximum absolute atomic E-state index is 6.14. The summed E-state index contributed by atoms with van der Waals surface area (Å²) in [6.07, 6.45) is 1.74. The quantitative estimate of drug-likeness (QED) is 0.551. The predicted octanol–water partition coefficient (Wildman–Crippen LogP) is 4.87. The second-order valence-electron chi connectivity index (χ2n) is 4.43. The van der Waals surface area contributed by atoms with Crippen molar-refractivity contribution in [2.75, 3.05) is 5.73 Å². The Balaban J connectivity index is 1.74. The van der Waals surface area contributed by atoms with E-state index in [4.69, 9.17) is 21.8 Å². The number of anilines is 1. The van der Waals surface area contributed by atoms with Crippen LogP contribution in [0.1, 0.15) is 5.89 Å². The molecule has 0 radical (unpaired) electrons. The molecule has 21 heavy (non-hydrogen) atoms. The maximum atomic E-state index is 6.14. The average molecular weight is 317 g/mol. The molecule has 1 aromatic heterocycles. The first-order chi connectivity index (χ1) is 10.2. The molecule has 2 aromatic carbocycles. The van der Waals surface area contributed by atoms with Gasteiger partial charge < -0.3 is 10.2 Å². The summed E-state index contributed by atoms with van der Waals surface area (Å²) < 4.78 is 5.76. The summed E-state index contributed by atoms with van der Waals surface area (Å²) >= 11 is 7.67. The zero-order valence-corrected chi connectivity index (χ0v) is 12.7. The summed E-state index contributed by atoms with van der Waals surface area (Å²) in [5.74, 6) is 2.00. The van der Waals surface area contributed by atoms with Crippen LogP contribution in [0.15, 0.2) is 64.0 Å². The molecule has 2 N–H and O–H groups in total. The number of thioether (sulfide) groups is 1. The van der Waals surface area contributed by atoms with Crippen LogP contribution < -0.4 is 5.73 Å². The third-order valence-electron chi connectivity index (χ3n) is 2.95. The number of nitrogens with zero attached hydrogens (tertiary/aromatic N) is 1. The van der Waals surface area contributed by atoms with Crippen LogP contribution in [0.2, 0.25) is 5.02 Å². The van der Waals surface area contributed by atoms with Crippen molar-refractivity contribution in [2.45, 2.75) is 10.6 Å². The Labute approximate surface area is 132 Å². The van der Waals surface area contributed by atoms with Gasteiger partial charge in [-0.3, -0.25) is 0 Å². The highest BCUT2D eigenvalue weighted by Gasteiger charge is 2.10. The third-order valence-corrected chi connectivity index (χ3v) is 4.51. The van der Waals surface area contributed by atoms with E-state index in [1.165, 1.54) is 11.8 Å². The van der Waals surface area contributed by atoms with Crippen molar-refractivity contribution in [1.82, 2.24) is 4.98 Å². The zero-order chi connectivity index (χ0) is 14.7. The van der Waals surface area contributed by atoms with E-state index >= 15 is 0 Å². The molecule has 0 unspecified atom stereocenters. The lowest BCUT2D eigenvalue weighted by Crippen LogP contribution is -1.89. The molecule has 0 atom stereocenters. The molecule has 0 aliphatic carbocycles. The van der Waals surface area contributed by atoms with Gasteiger partial charge in [-0.1, -0.05) is 48.0 Å². The SMILES string of the molecule is Nc1cccc(Cl)c1SCc1ncc(-c2ccccc2)o1. The Morgan fingerprint density at radius 1 is 1.10 bits per heavy atom. The molecule has 0 spiro atoms. The van der Waals surface area contributed by atoms with Gasteiger partial charge in [0.15, 0.2) is 5.76 Å². The molecule has 1 heterocycles. The minimum atomic E-state index is 0.584. The van der Waals surface area contributed by atoms with Gasteiger partial charge in [0.05, 0.1) is 17.0 Å². The van der Waals surface area contributed by atoms with Crippen LogP contribution in [0.25, 0.3) is 11.3 Å². The Hall–Kier alpha value is -1.91. The largest absolute Gasteiger partial charge is 0.440 e. The number of benzene rings is 2. The van der Waals surface area contributed by atoms with Crippen molar-refractivity contribution in [3.63, 3.8) is 0 Å². The number of halogens is 1. The normalized spacial score (nSPS) is 10.7. The fraction of sp³-hybridized carbons (Fsp3) is 0.0625. The molecule has 0 saturated carbocycles. The minimum absolute atomic E-state index is 0.584. The van der Waals surface area contributed by atoms with Gasteiger partial charge in [-0.05, 0) is 12.1 Å². The van der Waals surface area contributed by atoms with Crippen LogP contribution in [0.3, 0.4) is 0 Å². The molecule has 5 heteroatoms. The molecular weight excluding hydrogens is 304 g/mol. The van der Waals surface area contributed by atoms with Crippen LogP contribution in [-0.2, 0) is 5.75 Å². The number of hydrogen-bond donors (Lipinski definition) is 1. The standard InChI is InChI=1S/C16H13ClN2OS/c17-12-7-4-8-13(18)16(12)21-10-15-19-9-14(20-15)11-5-2-1-3-6-11/h1-9H,10,18H2. The summed E-state index contributed by atoms with van der Waals surface area (Å²) in [6.45, 7) is 0. The fourth-order valence-electron chi connectivity index (χ4n) is 1.92. The summed E-state index contributed by atoms with van der Waals surface area (Å²) in [6, 6.07) is 15.4. The first-order valence-corrected chi connectivity index (χ1v) is 7.77. The Morgan fingerprint density at radius 2 is 1.90 bits per heavy atom. The lowest BCUT2D eigenvalue weighted by molar-refractivity contribution is 0.530. The monoisotopic (exact) mass is 316 g/mol. The Bertz CT molecular complexity index is 723. The molecule has 0 aliphatic rings. The van der Waals surface area contributed by atoms with E-state index in [1.54, 1.807) is 6.20 Å². The molecule has 3 aromatic rings. The maximum Gasteiger partial charge on any atom is 0.205 e. The van der Waals surface area contributed by atoms with Crippen LogP contribution in [0.4, 0.5) is 5.69 Å². The molecule has 0 saturated heterocycles. The molecule has 0 aliphatic heterocycles. The van der Waals surface area contributed by atoms with Gasteiger partial charge in [-0.25, -0.2) is 4.98 Å². The smallest absolute Gasteiger partial charge is 0.205 e. The van der Waals surface area contributed by atoms with Crippen LogP contribution in [0.5, 0.6) is 0 Å². The second kappa shape index (κ2) is 6.24. The number of nitrogens with two attached hydrogens (primary N) is 1. The molecular formula is C16H13ClN2OS. The minimum Gasteiger partial charge on any atom is -0.440 e. The predicted molar refractivity (Wildman–Crippen MR) is 87.4 cm³/mol. The van der Waals surface area contributed by atoms with E-state index in [2.05, 4.69) is 4.98 Å². The highest BCUT2D eigenvalue weighted by molar-refractivity contribution is 7.98. The highest BCUT2D eigenvalue weighted by atomic mass is 35.5. The van der Waals surface area contributed by atoms with E-state index in [1.807, 2.05) is 48.5 Å². The Morgan fingerprint density at radius 3 is 2.67 bits per heavy atom. The van der Waals surface area contributed by atoms with Crippen molar-refractivity contribution >= 4 is 29.1 Å². The Kier molecular flexibility index (Phi) is 4.18. The topological polar surface area (TPSA) is 52.0 Å². The van der Waals surface area contributed by atoms with Crippen molar-refractivity contribution in [1.29, 1.82) is 0 Å². The second-order valence-corrected chi connectivity index (χ2v) is 5.82. The van der Waals surface area contributed by atoms with Crippen molar-refractivity contribution in [3.05, 3.63) is 65.6 Å². The number of nitrogen functional groups attached to an aromatic ring is 1. The zero-order valence-electron chi connectivity index (χ0n) is 11.1. The van der Waals surface area contributed by atoms with Gasteiger partial charge in [-0.2, -0.15) is 0 Å². The molecule has 0 fully saturated rings. The molecule has 106 valence electrons. The van der Waals surface area contributed by atoms with Crippen molar-refractivity contribution in [3.8, 4) is 11.3 Å². The molecule has 0 bridgehead atoms. The van der Waals surface area contributed by atoms with Crippen LogP contribution in [0, 0.1) is 0 Å². The summed E-state index contributed by atoms with van der Waals surface area (Å²) in [5.41, 5.74) is 7.61. The number of hydrogen-bond acceptors (Lipinski definition) is 4. The highest BCUT2D eigenvalue weighted by Crippen LogP contribution is 2.34. The number of rotatable bonds is 4. The van der Waals surface area contributed by atoms with Gasteiger partial charge in [-0.15, -0.1) is 11.8 Å². The van der Waals surface area contributed by atoms with E-state index in [-0.39, 0.29) is 0 Å². The number of oxazole rings is 1. The van der Waals surface area contributed by atoms with E-state index in [0.29, 0.717) is 22.4 Å². The molecule has 3 rings (SSSR count). The van der Waals surface area contributed by atoms with Gasteiger partial charge >= 0.3 is 0 Å². The first-order valence-electron chi connectivity index (χ1n) is 6.41. The van der Waals surface area contributed by atoms with Crippen LogP contribution >= 0.6 is 23.4 Å². The summed E-state index contributed by atoms with van der Waals surface area (Å²) in [5, 5.41) is 0.648. The van der Waals surface area contributed by atoms with Gasteiger partial charge in [0.2, 0.25) is 5.89 Å². The summed E-state index contributed by atoms with van der Waals surface area (Å²) in [4.78, 5) is 5.16. The van der Waals surface area contributed by atoms with E-state index in [9.17, 15) is 0 Å².